The highest BCUT2D eigenvalue weighted by Gasteiger charge is 2.23. The first-order valence-corrected chi connectivity index (χ1v) is 6.37. The quantitative estimate of drug-likeness (QED) is 0.727. The van der Waals surface area contributed by atoms with Crippen LogP contribution in [-0.4, -0.2) is 23.0 Å². The largest absolute Gasteiger partial charge is 0.378 e. The lowest BCUT2D eigenvalue weighted by Crippen LogP contribution is -2.46. The fourth-order valence-electron chi connectivity index (χ4n) is 1.48. The van der Waals surface area contributed by atoms with E-state index in [-0.39, 0.29) is 6.42 Å². The number of nitrogens with one attached hydrogen (secondary N) is 1. The highest BCUT2D eigenvalue weighted by atomic mass is 79.9. The van der Waals surface area contributed by atoms with Crippen molar-refractivity contribution in [1.82, 2.24) is 5.32 Å². The third kappa shape index (κ3) is 4.84. The van der Waals surface area contributed by atoms with Gasteiger partial charge in [0.25, 0.3) is 5.91 Å². The minimum Gasteiger partial charge on any atom is -0.378 e. The van der Waals surface area contributed by atoms with Crippen LogP contribution in [0.2, 0.25) is 0 Å². The van der Waals surface area contributed by atoms with E-state index in [1.807, 2.05) is 0 Å². The Kier molecular flexibility index (Phi) is 5.72. The summed E-state index contributed by atoms with van der Waals surface area (Å²) in [6.45, 7) is 3.58. The van der Waals surface area contributed by atoms with Crippen LogP contribution in [0.15, 0.2) is 41.4 Å². The molecule has 2 atom stereocenters. The number of aliphatic hydroxyl groups is 1. The van der Waals surface area contributed by atoms with Crippen molar-refractivity contribution in [2.75, 3.05) is 0 Å². The Labute approximate surface area is 119 Å². The van der Waals surface area contributed by atoms with Crippen LogP contribution >= 0.6 is 15.9 Å². The van der Waals surface area contributed by atoms with Crippen molar-refractivity contribution in [3.63, 3.8) is 0 Å². The van der Waals surface area contributed by atoms with E-state index in [2.05, 4.69) is 27.8 Å². The predicted molar refractivity (Wildman–Crippen MR) is 75.2 cm³/mol. The molecule has 0 saturated carbocycles. The number of nitrogens with two attached hydrogens (primary N) is 1. The van der Waals surface area contributed by atoms with E-state index in [1.54, 1.807) is 30.3 Å². The van der Waals surface area contributed by atoms with Gasteiger partial charge in [-0.25, -0.2) is 0 Å². The summed E-state index contributed by atoms with van der Waals surface area (Å²) in [6.07, 6.45) is -1.17. The normalized spacial score (nSPS) is 13.4. The van der Waals surface area contributed by atoms with Crippen LogP contribution in [0.3, 0.4) is 0 Å². The van der Waals surface area contributed by atoms with Gasteiger partial charge in [-0.2, -0.15) is 0 Å². The van der Waals surface area contributed by atoms with Gasteiger partial charge in [0.05, 0.1) is 0 Å². The van der Waals surface area contributed by atoms with Crippen LogP contribution in [0.5, 0.6) is 0 Å². The third-order valence-corrected chi connectivity index (χ3v) is 2.77. The van der Waals surface area contributed by atoms with Gasteiger partial charge in [0.2, 0.25) is 5.91 Å². The molecule has 0 aliphatic rings. The Morgan fingerprint density at radius 1 is 1.37 bits per heavy atom. The number of rotatable bonds is 6. The SMILES string of the molecule is C=C(Br)C[C@H](NC(=O)[C@@H](O)c1ccccc1)C(N)=O. The maximum Gasteiger partial charge on any atom is 0.254 e. The molecule has 1 aromatic carbocycles. The summed E-state index contributed by atoms with van der Waals surface area (Å²) >= 11 is 3.10. The molecule has 5 nitrogen and oxygen atoms in total. The zero-order valence-electron chi connectivity index (χ0n) is 10.2. The summed E-state index contributed by atoms with van der Waals surface area (Å²) in [5, 5.41) is 12.2. The van der Waals surface area contributed by atoms with E-state index in [4.69, 9.17) is 5.73 Å². The lowest BCUT2D eigenvalue weighted by atomic mass is 10.1. The van der Waals surface area contributed by atoms with E-state index in [9.17, 15) is 14.7 Å². The molecule has 0 spiro atoms. The van der Waals surface area contributed by atoms with Crippen molar-refractivity contribution in [3.05, 3.63) is 47.0 Å². The lowest BCUT2D eigenvalue weighted by Gasteiger charge is -2.17. The Balaban J connectivity index is 2.72. The van der Waals surface area contributed by atoms with Crippen molar-refractivity contribution in [1.29, 1.82) is 0 Å². The molecule has 0 saturated heterocycles. The molecule has 19 heavy (non-hydrogen) atoms. The van der Waals surface area contributed by atoms with Crippen LogP contribution in [0.4, 0.5) is 0 Å². The van der Waals surface area contributed by atoms with Gasteiger partial charge < -0.3 is 16.2 Å². The average molecular weight is 327 g/mol. The summed E-state index contributed by atoms with van der Waals surface area (Å²) in [5.41, 5.74) is 5.62. The summed E-state index contributed by atoms with van der Waals surface area (Å²) in [4.78, 5) is 23.0. The number of aliphatic hydroxyl groups excluding tert-OH is 1. The molecule has 0 aromatic heterocycles. The highest BCUT2D eigenvalue weighted by Crippen LogP contribution is 2.14. The topological polar surface area (TPSA) is 92.4 Å². The summed E-state index contributed by atoms with van der Waals surface area (Å²) < 4.78 is 0.533. The number of carbonyl (C=O) groups is 2. The Morgan fingerprint density at radius 3 is 2.42 bits per heavy atom. The number of halogens is 1. The van der Waals surface area contributed by atoms with E-state index < -0.39 is 24.0 Å². The Hall–Kier alpha value is -1.66. The zero-order chi connectivity index (χ0) is 14.4. The van der Waals surface area contributed by atoms with Crippen LogP contribution in [-0.2, 0) is 9.59 Å². The minimum atomic E-state index is -1.34. The highest BCUT2D eigenvalue weighted by molar-refractivity contribution is 9.11. The van der Waals surface area contributed by atoms with Crippen LogP contribution in [0.1, 0.15) is 18.1 Å². The molecule has 0 heterocycles. The smallest absolute Gasteiger partial charge is 0.254 e. The fourth-order valence-corrected chi connectivity index (χ4v) is 1.81. The minimum absolute atomic E-state index is 0.169. The van der Waals surface area contributed by atoms with Gasteiger partial charge in [0.15, 0.2) is 6.10 Å². The van der Waals surface area contributed by atoms with Gasteiger partial charge in [-0.1, -0.05) is 52.8 Å². The van der Waals surface area contributed by atoms with Gasteiger partial charge in [0, 0.05) is 6.42 Å². The molecule has 1 aromatic rings. The summed E-state index contributed by atoms with van der Waals surface area (Å²) in [5.74, 6) is -1.36. The van der Waals surface area contributed by atoms with Crippen LogP contribution < -0.4 is 11.1 Å². The van der Waals surface area contributed by atoms with E-state index >= 15 is 0 Å². The molecule has 0 fully saturated rings. The number of hydrogen-bond acceptors (Lipinski definition) is 3. The van der Waals surface area contributed by atoms with E-state index in [0.717, 1.165) is 0 Å². The van der Waals surface area contributed by atoms with E-state index in [0.29, 0.717) is 10.0 Å². The zero-order valence-corrected chi connectivity index (χ0v) is 11.8. The molecule has 2 amide bonds. The number of amides is 2. The molecule has 1 rings (SSSR count). The molecule has 4 N–H and O–H groups in total. The fraction of sp³-hybridized carbons (Fsp3) is 0.231. The number of carbonyl (C=O) groups excluding carboxylic acids is 2. The molecule has 6 heteroatoms. The maximum absolute atomic E-state index is 11.8. The van der Waals surface area contributed by atoms with Gasteiger partial charge >= 0.3 is 0 Å². The second-order valence-corrected chi connectivity index (χ2v) is 5.12. The molecule has 0 bridgehead atoms. The molecular formula is C13H15BrN2O3. The number of benzene rings is 1. The van der Waals surface area contributed by atoms with Crippen molar-refractivity contribution in [3.8, 4) is 0 Å². The van der Waals surface area contributed by atoms with Crippen LogP contribution in [0.25, 0.3) is 0 Å². The van der Waals surface area contributed by atoms with Crippen molar-refractivity contribution >= 4 is 27.7 Å². The summed E-state index contributed by atoms with van der Waals surface area (Å²) in [6, 6.07) is 7.52. The molecule has 0 radical (unpaired) electrons. The second-order valence-electron chi connectivity index (χ2n) is 4.00. The van der Waals surface area contributed by atoms with Crippen molar-refractivity contribution < 1.29 is 14.7 Å². The van der Waals surface area contributed by atoms with Gasteiger partial charge in [-0.05, 0) is 10.0 Å². The maximum atomic E-state index is 11.8. The first-order valence-electron chi connectivity index (χ1n) is 5.57. The first kappa shape index (κ1) is 15.4. The average Bonchev–Trinajstić information content (AvgIpc) is 2.37. The van der Waals surface area contributed by atoms with Gasteiger partial charge in [0.1, 0.15) is 6.04 Å². The molecule has 0 aliphatic heterocycles. The predicted octanol–water partition coefficient (Wildman–Crippen LogP) is 0.989. The lowest BCUT2D eigenvalue weighted by molar-refractivity contribution is -0.133. The first-order chi connectivity index (χ1) is 8.91. The Bertz CT molecular complexity index is 476. The molecule has 102 valence electrons. The van der Waals surface area contributed by atoms with Crippen molar-refractivity contribution in [2.24, 2.45) is 5.73 Å². The molecule has 0 unspecified atom stereocenters. The van der Waals surface area contributed by atoms with Gasteiger partial charge in [-0.3, -0.25) is 9.59 Å². The molecule has 0 aliphatic carbocycles. The Morgan fingerprint density at radius 2 is 1.95 bits per heavy atom. The summed E-state index contributed by atoms with van der Waals surface area (Å²) in [7, 11) is 0. The number of primary amides is 1. The van der Waals surface area contributed by atoms with E-state index in [1.165, 1.54) is 0 Å². The third-order valence-electron chi connectivity index (χ3n) is 2.45. The van der Waals surface area contributed by atoms with Gasteiger partial charge in [-0.15, -0.1) is 0 Å². The monoisotopic (exact) mass is 326 g/mol. The van der Waals surface area contributed by atoms with Crippen molar-refractivity contribution in [2.45, 2.75) is 18.6 Å². The molecular weight excluding hydrogens is 312 g/mol. The second kappa shape index (κ2) is 7.06. The number of hydrogen-bond donors (Lipinski definition) is 3. The van der Waals surface area contributed by atoms with Crippen LogP contribution in [0, 0.1) is 0 Å². The standard InChI is InChI=1S/C13H15BrN2O3/c1-8(14)7-10(12(15)18)16-13(19)11(17)9-5-3-2-4-6-9/h2-6,10-11,17H,1,7H2,(H2,15,18)(H,16,19)/t10-,11-/m0/s1.